The third-order valence-electron chi connectivity index (χ3n) is 8.02. The molecule has 1 aromatic heterocycles. The largest absolute Gasteiger partial charge is 0.390 e. The Morgan fingerprint density at radius 1 is 1.27 bits per heavy atom. The highest BCUT2D eigenvalue weighted by Crippen LogP contribution is 2.46. The number of likely N-dealkylation sites (tertiary alicyclic amines) is 1. The number of amides is 1. The summed E-state index contributed by atoms with van der Waals surface area (Å²) in [6.07, 6.45) is 5.75. The van der Waals surface area contributed by atoms with Gasteiger partial charge in [-0.15, -0.1) is 0 Å². The van der Waals surface area contributed by atoms with Crippen molar-refractivity contribution >= 4 is 34.1 Å². The summed E-state index contributed by atoms with van der Waals surface area (Å²) in [7, 11) is 0. The third kappa shape index (κ3) is 4.63. The first-order valence-electron chi connectivity index (χ1n) is 12.1. The smallest absolute Gasteiger partial charge is 0.229 e. The predicted octanol–water partition coefficient (Wildman–Crippen LogP) is 4.59. The van der Waals surface area contributed by atoms with Crippen LogP contribution in [0.25, 0.3) is 10.8 Å². The molecule has 2 aromatic rings. The Bertz CT molecular complexity index is 1050. The van der Waals surface area contributed by atoms with Crippen LogP contribution < -0.4 is 5.32 Å². The number of carbonyl (C=O) groups excluding carboxylic acids is 1. The minimum Gasteiger partial charge on any atom is -0.390 e. The van der Waals surface area contributed by atoms with Gasteiger partial charge in [0.2, 0.25) is 5.91 Å². The molecule has 3 aliphatic rings. The molecular formula is C26H34ClN3O3. The monoisotopic (exact) mass is 471 g/mol. The van der Waals surface area contributed by atoms with E-state index in [4.69, 9.17) is 16.3 Å². The summed E-state index contributed by atoms with van der Waals surface area (Å²) in [6.45, 7) is 9.64. The molecule has 1 amide bonds. The molecule has 5 rings (SSSR count). The Labute approximate surface area is 200 Å². The maximum Gasteiger partial charge on any atom is 0.229 e. The molecule has 2 saturated heterocycles. The lowest BCUT2D eigenvalue weighted by Crippen LogP contribution is -2.50. The minimum atomic E-state index is -0.831. The van der Waals surface area contributed by atoms with Crippen LogP contribution in [0.1, 0.15) is 57.9 Å². The standard InChI is InChI=1S/C26H34ClN3O3/c1-25(2,32)21-13-20(21)24(31)29-23-12-17-10-19(22(27)11-18(17)14-28-23)16-4-7-30(8-5-16)26(3)6-9-33-15-26/h10-12,14,16,20-21,32H,4-9,13,15H2,1-3H3,(H,28,29,31)/t20?,21?,26-/m1/s1. The number of aliphatic hydroxyl groups is 1. The molecule has 178 valence electrons. The summed E-state index contributed by atoms with van der Waals surface area (Å²) in [4.78, 5) is 19.6. The molecule has 2 N–H and O–H groups in total. The van der Waals surface area contributed by atoms with Crippen molar-refractivity contribution in [2.24, 2.45) is 11.8 Å². The Morgan fingerprint density at radius 2 is 2.03 bits per heavy atom. The molecule has 3 atom stereocenters. The van der Waals surface area contributed by atoms with Gasteiger partial charge in [-0.3, -0.25) is 9.69 Å². The van der Waals surface area contributed by atoms with E-state index >= 15 is 0 Å². The summed E-state index contributed by atoms with van der Waals surface area (Å²) >= 11 is 6.71. The molecule has 33 heavy (non-hydrogen) atoms. The van der Waals surface area contributed by atoms with Gasteiger partial charge in [-0.1, -0.05) is 11.6 Å². The van der Waals surface area contributed by atoms with Crippen LogP contribution in [-0.4, -0.2) is 58.3 Å². The second kappa shape index (κ2) is 8.49. The molecule has 2 unspecified atom stereocenters. The van der Waals surface area contributed by atoms with Crippen LogP contribution >= 0.6 is 11.6 Å². The summed E-state index contributed by atoms with van der Waals surface area (Å²) in [5.74, 6) is 0.758. The fraction of sp³-hybridized carbons (Fsp3) is 0.615. The van der Waals surface area contributed by atoms with Gasteiger partial charge in [-0.05, 0) is 101 Å². The number of carbonyl (C=O) groups is 1. The van der Waals surface area contributed by atoms with Crippen molar-refractivity contribution in [3.8, 4) is 0 Å². The van der Waals surface area contributed by atoms with Crippen molar-refractivity contribution in [1.82, 2.24) is 9.88 Å². The number of piperidine rings is 1. The normalized spacial score (nSPS) is 28.9. The van der Waals surface area contributed by atoms with Crippen molar-refractivity contribution in [3.05, 3.63) is 35.0 Å². The van der Waals surface area contributed by atoms with Crippen LogP contribution in [0.15, 0.2) is 24.4 Å². The highest BCUT2D eigenvalue weighted by molar-refractivity contribution is 6.32. The molecule has 1 aliphatic carbocycles. The number of hydrogen-bond donors (Lipinski definition) is 2. The first kappa shape index (κ1) is 23.0. The van der Waals surface area contributed by atoms with Crippen molar-refractivity contribution in [1.29, 1.82) is 0 Å². The Hall–Kier alpha value is -1.73. The second-order valence-corrected chi connectivity index (χ2v) is 11.4. The number of anilines is 1. The molecule has 3 heterocycles. The Kier molecular flexibility index (Phi) is 5.93. The summed E-state index contributed by atoms with van der Waals surface area (Å²) in [5.41, 5.74) is 0.523. The lowest BCUT2D eigenvalue weighted by molar-refractivity contribution is -0.118. The molecule has 6 nitrogen and oxygen atoms in total. The van der Waals surface area contributed by atoms with E-state index in [9.17, 15) is 9.90 Å². The van der Waals surface area contributed by atoms with Crippen LogP contribution in [0.3, 0.4) is 0 Å². The Morgan fingerprint density at radius 3 is 2.67 bits per heavy atom. The SMILES string of the molecule is CC(C)(O)C1CC1C(=O)Nc1cc2cc(C3CCN([C@]4(C)CCOC4)CC3)c(Cl)cc2cn1. The number of fused-ring (bicyclic) bond motifs is 1. The van der Waals surface area contributed by atoms with E-state index in [1.54, 1.807) is 20.0 Å². The van der Waals surface area contributed by atoms with E-state index in [1.165, 1.54) is 5.56 Å². The van der Waals surface area contributed by atoms with Gasteiger partial charge in [-0.2, -0.15) is 0 Å². The first-order chi connectivity index (χ1) is 15.6. The number of pyridine rings is 1. The average Bonchev–Trinajstić information content (AvgIpc) is 3.49. The van der Waals surface area contributed by atoms with Crippen LogP contribution in [-0.2, 0) is 9.53 Å². The fourth-order valence-corrected chi connectivity index (χ4v) is 6.01. The molecule has 0 radical (unpaired) electrons. The topological polar surface area (TPSA) is 74.7 Å². The van der Waals surface area contributed by atoms with E-state index in [2.05, 4.69) is 28.2 Å². The summed E-state index contributed by atoms with van der Waals surface area (Å²) < 4.78 is 5.66. The zero-order chi connectivity index (χ0) is 23.4. The number of halogens is 1. The van der Waals surface area contributed by atoms with Gasteiger partial charge in [0.05, 0.1) is 12.2 Å². The number of aromatic nitrogens is 1. The summed E-state index contributed by atoms with van der Waals surface area (Å²) in [5, 5.41) is 15.9. The molecule has 0 bridgehead atoms. The summed E-state index contributed by atoms with van der Waals surface area (Å²) in [6, 6.07) is 6.10. The molecule has 3 fully saturated rings. The van der Waals surface area contributed by atoms with Gasteiger partial charge >= 0.3 is 0 Å². The number of nitrogens with one attached hydrogen (secondary N) is 1. The van der Waals surface area contributed by atoms with Crippen molar-refractivity contribution in [3.63, 3.8) is 0 Å². The molecular weight excluding hydrogens is 438 g/mol. The lowest BCUT2D eigenvalue weighted by atomic mass is 9.86. The first-order valence-corrected chi connectivity index (χ1v) is 12.5. The quantitative estimate of drug-likeness (QED) is 0.667. The molecule has 1 saturated carbocycles. The maximum absolute atomic E-state index is 12.6. The second-order valence-electron chi connectivity index (χ2n) is 10.9. The van der Waals surface area contributed by atoms with E-state index in [0.29, 0.717) is 18.2 Å². The van der Waals surface area contributed by atoms with Crippen molar-refractivity contribution in [2.45, 2.75) is 63.5 Å². The van der Waals surface area contributed by atoms with E-state index in [-0.39, 0.29) is 23.3 Å². The van der Waals surface area contributed by atoms with Gasteiger partial charge in [-0.25, -0.2) is 4.98 Å². The van der Waals surface area contributed by atoms with Gasteiger partial charge in [0.25, 0.3) is 0 Å². The fourth-order valence-electron chi connectivity index (χ4n) is 5.69. The highest BCUT2D eigenvalue weighted by Gasteiger charge is 2.51. The van der Waals surface area contributed by atoms with E-state index in [1.807, 2.05) is 12.1 Å². The minimum absolute atomic E-state index is 0.00675. The molecule has 1 aromatic carbocycles. The van der Waals surface area contributed by atoms with E-state index < -0.39 is 5.60 Å². The van der Waals surface area contributed by atoms with Crippen LogP contribution in [0.5, 0.6) is 0 Å². The van der Waals surface area contributed by atoms with Gasteiger partial charge in [0.1, 0.15) is 5.82 Å². The molecule has 7 heteroatoms. The zero-order valence-corrected chi connectivity index (χ0v) is 20.5. The average molecular weight is 472 g/mol. The third-order valence-corrected chi connectivity index (χ3v) is 8.35. The van der Waals surface area contributed by atoms with Crippen molar-refractivity contribution < 1.29 is 14.6 Å². The van der Waals surface area contributed by atoms with Crippen molar-refractivity contribution in [2.75, 3.05) is 31.6 Å². The number of rotatable bonds is 5. The highest BCUT2D eigenvalue weighted by atomic mass is 35.5. The predicted molar refractivity (Wildman–Crippen MR) is 131 cm³/mol. The Balaban J connectivity index is 1.29. The molecule has 2 aliphatic heterocycles. The number of nitrogens with zero attached hydrogens (tertiary/aromatic N) is 2. The van der Waals surface area contributed by atoms with Crippen LogP contribution in [0.4, 0.5) is 5.82 Å². The van der Waals surface area contributed by atoms with E-state index in [0.717, 1.165) is 61.4 Å². The zero-order valence-electron chi connectivity index (χ0n) is 19.7. The number of benzene rings is 1. The van der Waals surface area contributed by atoms with Gasteiger partial charge in [0, 0.05) is 34.7 Å². The number of ether oxygens (including phenoxy) is 1. The van der Waals surface area contributed by atoms with Gasteiger partial charge < -0.3 is 15.2 Å². The molecule has 0 spiro atoms. The van der Waals surface area contributed by atoms with Crippen LogP contribution in [0, 0.1) is 11.8 Å². The number of hydrogen-bond acceptors (Lipinski definition) is 5. The maximum atomic E-state index is 12.6. The van der Waals surface area contributed by atoms with Gasteiger partial charge in [0.15, 0.2) is 0 Å². The lowest BCUT2D eigenvalue weighted by Gasteiger charge is -2.42. The van der Waals surface area contributed by atoms with Crippen LogP contribution in [0.2, 0.25) is 5.02 Å².